The van der Waals surface area contributed by atoms with Crippen LogP contribution in [0.2, 0.25) is 0 Å². The van der Waals surface area contributed by atoms with E-state index in [1.54, 1.807) is 48.4 Å². The Balaban J connectivity index is 2.16. The smallest absolute Gasteiger partial charge is 0.408 e. The van der Waals surface area contributed by atoms with E-state index in [-0.39, 0.29) is 0 Å². The van der Waals surface area contributed by atoms with E-state index in [0.29, 0.717) is 12.2 Å². The average Bonchev–Trinajstić information content (AvgIpc) is 2.66. The molecule has 2 aromatic rings. The van der Waals surface area contributed by atoms with Gasteiger partial charge in [0.1, 0.15) is 17.4 Å². The summed E-state index contributed by atoms with van der Waals surface area (Å²) in [6.45, 7) is 7.38. The molecule has 1 N–H and O–H groups in total. The van der Waals surface area contributed by atoms with Gasteiger partial charge in [0.25, 0.3) is 0 Å². The predicted octanol–water partition coefficient (Wildman–Crippen LogP) is 5.49. The van der Waals surface area contributed by atoms with E-state index in [4.69, 9.17) is 9.47 Å². The summed E-state index contributed by atoms with van der Waals surface area (Å²) in [5.41, 5.74) is 0.251. The minimum atomic E-state index is -0.871. The molecule has 0 heterocycles. The van der Waals surface area contributed by atoms with E-state index in [9.17, 15) is 9.59 Å². The second kappa shape index (κ2) is 11.2. The zero-order chi connectivity index (χ0) is 21.3. The van der Waals surface area contributed by atoms with Gasteiger partial charge in [-0.1, -0.05) is 71.0 Å². The van der Waals surface area contributed by atoms with Gasteiger partial charge < -0.3 is 14.8 Å². The molecule has 0 fully saturated rings. The van der Waals surface area contributed by atoms with Crippen molar-refractivity contribution in [2.24, 2.45) is 0 Å². The molecule has 0 aliphatic rings. The van der Waals surface area contributed by atoms with E-state index in [1.807, 2.05) is 48.5 Å². The Bertz CT molecular complexity index is 806. The highest BCUT2D eigenvalue weighted by Gasteiger charge is 2.27. The van der Waals surface area contributed by atoms with Gasteiger partial charge in [-0.25, -0.2) is 9.59 Å². The molecular formula is C22H27NO4S2. The number of carbonyl (C=O) groups is 2. The average molecular weight is 434 g/mol. The molecule has 2 rings (SSSR count). The quantitative estimate of drug-likeness (QED) is 0.337. The maximum Gasteiger partial charge on any atom is 0.408 e. The van der Waals surface area contributed by atoms with Crippen LogP contribution >= 0.6 is 21.6 Å². The maximum absolute atomic E-state index is 12.9. The lowest BCUT2D eigenvalue weighted by Gasteiger charge is -2.23. The third kappa shape index (κ3) is 8.41. The number of rotatable bonds is 8. The summed E-state index contributed by atoms with van der Waals surface area (Å²) in [7, 11) is 3.22. The zero-order valence-electron chi connectivity index (χ0n) is 17.1. The highest BCUT2D eigenvalue weighted by Crippen LogP contribution is 2.37. The monoisotopic (exact) mass is 433 g/mol. The van der Waals surface area contributed by atoms with E-state index >= 15 is 0 Å². The second-order valence-electron chi connectivity index (χ2n) is 7.25. The molecule has 7 heteroatoms. The first-order valence-electron chi connectivity index (χ1n) is 9.42. The lowest BCUT2D eigenvalue weighted by Crippen LogP contribution is -2.46. The molecule has 156 valence electrons. The maximum atomic E-state index is 12.9. The zero-order valence-corrected chi connectivity index (χ0v) is 18.8. The number of hydrogen-bond donors (Lipinski definition) is 1. The number of alkyl carbamates (subject to hydrolysis) is 1. The molecule has 1 amide bonds. The third-order valence-corrected chi connectivity index (χ3v) is 6.05. The van der Waals surface area contributed by atoms with Crippen LogP contribution in [0.4, 0.5) is 4.79 Å². The van der Waals surface area contributed by atoms with Crippen LogP contribution in [0.3, 0.4) is 0 Å². The molecule has 1 atom stereocenters. The highest BCUT2D eigenvalue weighted by atomic mass is 33.1. The first-order valence-corrected chi connectivity index (χ1v) is 11.7. The van der Waals surface area contributed by atoms with Gasteiger partial charge in [-0.05, 0) is 38.5 Å². The Kier molecular flexibility index (Phi) is 8.92. The second-order valence-corrected chi connectivity index (χ2v) is 9.87. The first kappa shape index (κ1) is 23.2. The Hall–Kier alpha value is -2.12. The van der Waals surface area contributed by atoms with Crippen molar-refractivity contribution in [3.8, 4) is 5.75 Å². The highest BCUT2D eigenvalue weighted by molar-refractivity contribution is 8.76. The fourth-order valence-corrected chi connectivity index (χ4v) is 4.12. The lowest BCUT2D eigenvalue weighted by molar-refractivity contribution is -0.136. The largest absolute Gasteiger partial charge is 0.444 e. The van der Waals surface area contributed by atoms with E-state index in [1.165, 1.54) is 0 Å². The molecule has 29 heavy (non-hydrogen) atoms. The molecule has 0 spiro atoms. The summed E-state index contributed by atoms with van der Waals surface area (Å²) >= 11 is 0. The van der Waals surface area contributed by atoms with Crippen LogP contribution in [0.5, 0.6) is 5.75 Å². The van der Waals surface area contributed by atoms with Gasteiger partial charge in [0, 0.05) is 12.2 Å². The van der Waals surface area contributed by atoms with Crippen LogP contribution in [0.1, 0.15) is 33.3 Å². The van der Waals surface area contributed by atoms with Crippen molar-refractivity contribution >= 4 is 33.7 Å². The van der Waals surface area contributed by atoms with Crippen molar-refractivity contribution in [3.05, 3.63) is 60.2 Å². The fraction of sp³-hybridized carbons (Fsp3) is 0.364. The molecular weight excluding hydrogens is 406 g/mol. The molecule has 0 aliphatic carbocycles. The summed E-state index contributed by atoms with van der Waals surface area (Å²) in [6, 6.07) is 16.0. The fourth-order valence-electron chi connectivity index (χ4n) is 2.40. The summed E-state index contributed by atoms with van der Waals surface area (Å²) in [5, 5.41) is 2.66. The molecule has 5 nitrogen and oxygen atoms in total. The summed E-state index contributed by atoms with van der Waals surface area (Å²) in [4.78, 5) is 26.1. The molecule has 0 saturated heterocycles. The van der Waals surface area contributed by atoms with Crippen molar-refractivity contribution in [3.63, 3.8) is 0 Å². The number of carbonyl (C=O) groups excluding carboxylic acids is 2. The number of ether oxygens (including phenoxy) is 2. The van der Waals surface area contributed by atoms with E-state index in [0.717, 1.165) is 16.2 Å². The molecule has 0 radical (unpaired) electrons. The van der Waals surface area contributed by atoms with Crippen molar-refractivity contribution in [2.75, 3.05) is 5.75 Å². The first-order chi connectivity index (χ1) is 13.8. The van der Waals surface area contributed by atoms with Crippen LogP contribution in [-0.4, -0.2) is 29.5 Å². The standard InChI is InChI=1S/C22H27NO4S2/c1-5-28-29-19-14-10-9-13-18(19)26-20(24)17(15-16-11-7-6-8-12-16)23-21(25)27-22(2,3)4/h6-14,17H,5,15H2,1-4H3,(H,23,25)/t17-/m0/s1. The summed E-state index contributed by atoms with van der Waals surface area (Å²) in [5.74, 6) is 0.880. The normalized spacial score (nSPS) is 12.1. The van der Waals surface area contributed by atoms with Gasteiger partial charge in [-0.3, -0.25) is 0 Å². The Morgan fingerprint density at radius 3 is 2.34 bits per heavy atom. The minimum Gasteiger partial charge on any atom is -0.444 e. The van der Waals surface area contributed by atoms with Gasteiger partial charge >= 0.3 is 12.1 Å². The summed E-state index contributed by atoms with van der Waals surface area (Å²) in [6.07, 6.45) is -0.350. The van der Waals surface area contributed by atoms with Crippen LogP contribution in [0.15, 0.2) is 59.5 Å². The third-order valence-electron chi connectivity index (χ3n) is 3.58. The van der Waals surface area contributed by atoms with Crippen molar-refractivity contribution < 1.29 is 19.1 Å². The number of hydrogen-bond acceptors (Lipinski definition) is 6. The molecule has 0 bridgehead atoms. The molecule has 2 aromatic carbocycles. The molecule has 0 aliphatic heterocycles. The number of amides is 1. The van der Waals surface area contributed by atoms with E-state index in [2.05, 4.69) is 12.2 Å². The number of benzene rings is 2. The van der Waals surface area contributed by atoms with Gasteiger partial charge in [0.2, 0.25) is 0 Å². The Labute approximate surface area is 180 Å². The molecule has 0 aromatic heterocycles. The van der Waals surface area contributed by atoms with Crippen molar-refractivity contribution in [2.45, 2.75) is 50.7 Å². The SMILES string of the molecule is CCSSc1ccccc1OC(=O)[C@H](Cc1ccccc1)NC(=O)OC(C)(C)C. The Morgan fingerprint density at radius 1 is 1.03 bits per heavy atom. The minimum absolute atomic E-state index is 0.304. The number of nitrogens with one attached hydrogen (secondary N) is 1. The van der Waals surface area contributed by atoms with Crippen molar-refractivity contribution in [1.29, 1.82) is 0 Å². The van der Waals surface area contributed by atoms with Crippen LogP contribution < -0.4 is 10.1 Å². The van der Waals surface area contributed by atoms with Crippen LogP contribution in [0.25, 0.3) is 0 Å². The molecule has 0 saturated carbocycles. The van der Waals surface area contributed by atoms with Gasteiger partial charge in [-0.2, -0.15) is 0 Å². The van der Waals surface area contributed by atoms with E-state index < -0.39 is 23.7 Å². The topological polar surface area (TPSA) is 64.6 Å². The van der Waals surface area contributed by atoms with Crippen molar-refractivity contribution in [1.82, 2.24) is 5.32 Å². The summed E-state index contributed by atoms with van der Waals surface area (Å²) < 4.78 is 11.0. The van der Waals surface area contributed by atoms with Gasteiger partial charge in [-0.15, -0.1) is 0 Å². The predicted molar refractivity (Wildman–Crippen MR) is 119 cm³/mol. The number of para-hydroxylation sites is 1. The van der Waals surface area contributed by atoms with Crippen LogP contribution in [-0.2, 0) is 16.0 Å². The Morgan fingerprint density at radius 2 is 1.69 bits per heavy atom. The van der Waals surface area contributed by atoms with Gasteiger partial charge in [0.05, 0.1) is 4.90 Å². The molecule has 0 unspecified atom stereocenters. The van der Waals surface area contributed by atoms with Crippen LogP contribution in [0, 0.1) is 0 Å². The van der Waals surface area contributed by atoms with Gasteiger partial charge in [0.15, 0.2) is 0 Å². The lowest BCUT2D eigenvalue weighted by atomic mass is 10.1. The number of esters is 1.